The molecule has 0 saturated carbocycles. The molecule has 6 heteroatoms. The molecule has 1 aromatic carbocycles. The molecule has 0 radical (unpaired) electrons. The van der Waals surface area contributed by atoms with Gasteiger partial charge in [0, 0.05) is 17.6 Å². The monoisotopic (exact) mass is 358 g/mol. The third kappa shape index (κ3) is 4.76. The molecule has 1 aliphatic rings. The highest BCUT2D eigenvalue weighted by Crippen LogP contribution is 2.19. The molecule has 0 spiro atoms. The number of hydrogen-bond acceptors (Lipinski definition) is 3. The van der Waals surface area contributed by atoms with Crippen LogP contribution in [0.1, 0.15) is 24.8 Å². The van der Waals surface area contributed by atoms with E-state index in [4.69, 9.17) is 10.5 Å². The van der Waals surface area contributed by atoms with Crippen LogP contribution in [-0.2, 0) is 16.0 Å². The number of carbonyl (C=O) groups excluding carboxylic acids is 1. The SMILES string of the molecule is NC[C@H]1CC[C@@H](C(=O)NCCCc2ccc(Br)cc2F)O1. The highest BCUT2D eigenvalue weighted by atomic mass is 79.9. The lowest BCUT2D eigenvalue weighted by Crippen LogP contribution is -2.36. The second-order valence-corrected chi connectivity index (χ2v) is 6.11. The molecule has 2 atom stereocenters. The van der Waals surface area contributed by atoms with Crippen LogP contribution < -0.4 is 11.1 Å². The van der Waals surface area contributed by atoms with Crippen LogP contribution in [0.2, 0.25) is 0 Å². The Morgan fingerprint density at radius 3 is 2.95 bits per heavy atom. The van der Waals surface area contributed by atoms with Gasteiger partial charge in [0.1, 0.15) is 11.9 Å². The summed E-state index contributed by atoms with van der Waals surface area (Å²) < 4.78 is 19.9. The third-order valence-corrected chi connectivity index (χ3v) is 4.09. The number of rotatable bonds is 6. The predicted molar refractivity (Wildman–Crippen MR) is 82.4 cm³/mol. The molecule has 0 aromatic heterocycles. The van der Waals surface area contributed by atoms with Crippen LogP contribution in [-0.4, -0.2) is 31.2 Å². The summed E-state index contributed by atoms with van der Waals surface area (Å²) >= 11 is 3.23. The highest BCUT2D eigenvalue weighted by molar-refractivity contribution is 9.10. The summed E-state index contributed by atoms with van der Waals surface area (Å²) in [6.07, 6.45) is 2.45. The zero-order valence-electron chi connectivity index (χ0n) is 11.8. The van der Waals surface area contributed by atoms with Crippen LogP contribution >= 0.6 is 15.9 Å². The Hall–Kier alpha value is -0.980. The van der Waals surface area contributed by atoms with Crippen LogP contribution in [0.5, 0.6) is 0 Å². The third-order valence-electron chi connectivity index (χ3n) is 3.60. The first kappa shape index (κ1) is 16.4. The van der Waals surface area contributed by atoms with Gasteiger partial charge in [0.25, 0.3) is 0 Å². The van der Waals surface area contributed by atoms with Gasteiger partial charge in [-0.05, 0) is 43.4 Å². The maximum Gasteiger partial charge on any atom is 0.249 e. The largest absolute Gasteiger partial charge is 0.364 e. The van der Waals surface area contributed by atoms with Crippen LogP contribution in [0.25, 0.3) is 0 Å². The van der Waals surface area contributed by atoms with Crippen molar-refractivity contribution in [2.75, 3.05) is 13.1 Å². The minimum absolute atomic E-state index is 0.00221. The minimum atomic E-state index is -0.386. The van der Waals surface area contributed by atoms with E-state index in [1.54, 1.807) is 6.07 Å². The fourth-order valence-electron chi connectivity index (χ4n) is 2.40. The van der Waals surface area contributed by atoms with Gasteiger partial charge in [-0.25, -0.2) is 4.39 Å². The van der Waals surface area contributed by atoms with Gasteiger partial charge in [0.15, 0.2) is 0 Å². The second-order valence-electron chi connectivity index (χ2n) is 5.19. The summed E-state index contributed by atoms with van der Waals surface area (Å²) in [5, 5.41) is 2.83. The van der Waals surface area contributed by atoms with Crippen molar-refractivity contribution in [3.8, 4) is 0 Å². The molecule has 1 saturated heterocycles. The summed E-state index contributed by atoms with van der Waals surface area (Å²) in [7, 11) is 0. The first-order valence-corrected chi connectivity index (χ1v) is 7.96. The number of ether oxygens (including phenoxy) is 1. The zero-order chi connectivity index (χ0) is 15.2. The van der Waals surface area contributed by atoms with Gasteiger partial charge in [0.05, 0.1) is 6.10 Å². The number of benzene rings is 1. The Morgan fingerprint density at radius 2 is 2.29 bits per heavy atom. The molecule has 0 unspecified atom stereocenters. The van der Waals surface area contributed by atoms with E-state index in [1.807, 2.05) is 6.07 Å². The number of carbonyl (C=O) groups is 1. The zero-order valence-corrected chi connectivity index (χ0v) is 13.4. The topological polar surface area (TPSA) is 64.4 Å². The molecule has 1 amide bonds. The van der Waals surface area contributed by atoms with Crippen molar-refractivity contribution in [1.82, 2.24) is 5.32 Å². The number of nitrogens with one attached hydrogen (secondary N) is 1. The van der Waals surface area contributed by atoms with Crippen molar-refractivity contribution in [2.45, 2.75) is 37.9 Å². The fraction of sp³-hybridized carbons (Fsp3) is 0.533. The Bertz CT molecular complexity index is 499. The quantitative estimate of drug-likeness (QED) is 0.765. The molecule has 4 nitrogen and oxygen atoms in total. The molecule has 1 aliphatic heterocycles. The highest BCUT2D eigenvalue weighted by Gasteiger charge is 2.29. The molecule has 1 fully saturated rings. The first-order valence-electron chi connectivity index (χ1n) is 7.17. The van der Waals surface area contributed by atoms with E-state index < -0.39 is 0 Å². The standard InChI is InChI=1S/C15H20BrFN2O2/c16-11-4-3-10(13(17)8-11)2-1-7-19-15(20)14-6-5-12(9-18)21-14/h3-4,8,12,14H,1-2,5-7,9,18H2,(H,19,20)/t12-,14+/m1/s1. The molecule has 21 heavy (non-hydrogen) atoms. The van der Waals surface area contributed by atoms with Gasteiger partial charge >= 0.3 is 0 Å². The molecular weight excluding hydrogens is 339 g/mol. The predicted octanol–water partition coefficient (Wildman–Crippen LogP) is 2.14. The van der Waals surface area contributed by atoms with E-state index >= 15 is 0 Å². The fourth-order valence-corrected chi connectivity index (χ4v) is 2.73. The summed E-state index contributed by atoms with van der Waals surface area (Å²) in [6, 6.07) is 5.02. The van der Waals surface area contributed by atoms with Crippen LogP contribution in [0, 0.1) is 5.82 Å². The molecular formula is C15H20BrFN2O2. The minimum Gasteiger partial charge on any atom is -0.364 e. The number of aryl methyl sites for hydroxylation is 1. The Kier molecular flexibility index (Phi) is 6.14. The van der Waals surface area contributed by atoms with E-state index in [9.17, 15) is 9.18 Å². The average molecular weight is 359 g/mol. The summed E-state index contributed by atoms with van der Waals surface area (Å²) in [6.45, 7) is 0.966. The lowest BCUT2D eigenvalue weighted by Gasteiger charge is -2.12. The Balaban J connectivity index is 1.69. The van der Waals surface area contributed by atoms with Gasteiger partial charge in [0.2, 0.25) is 5.91 Å². The summed E-state index contributed by atoms with van der Waals surface area (Å²) in [4.78, 5) is 11.9. The molecule has 3 N–H and O–H groups in total. The van der Waals surface area contributed by atoms with Crippen LogP contribution in [0.3, 0.4) is 0 Å². The van der Waals surface area contributed by atoms with Crippen molar-refractivity contribution in [3.63, 3.8) is 0 Å². The average Bonchev–Trinajstić information content (AvgIpc) is 2.94. The van der Waals surface area contributed by atoms with Gasteiger partial charge in [-0.1, -0.05) is 22.0 Å². The molecule has 116 valence electrons. The summed E-state index contributed by atoms with van der Waals surface area (Å²) in [5.41, 5.74) is 6.17. The molecule has 1 aromatic rings. The van der Waals surface area contributed by atoms with Crippen molar-refractivity contribution in [2.24, 2.45) is 5.73 Å². The van der Waals surface area contributed by atoms with E-state index in [-0.39, 0.29) is 23.9 Å². The maximum atomic E-state index is 13.6. The molecule has 0 aliphatic carbocycles. The normalized spacial score (nSPS) is 21.5. The van der Waals surface area contributed by atoms with Crippen LogP contribution in [0.15, 0.2) is 22.7 Å². The van der Waals surface area contributed by atoms with Gasteiger partial charge in [-0.15, -0.1) is 0 Å². The van der Waals surface area contributed by atoms with E-state index in [0.717, 1.165) is 17.3 Å². The van der Waals surface area contributed by atoms with Crippen molar-refractivity contribution in [3.05, 3.63) is 34.1 Å². The van der Waals surface area contributed by atoms with Crippen molar-refractivity contribution < 1.29 is 13.9 Å². The van der Waals surface area contributed by atoms with Gasteiger partial charge < -0.3 is 15.8 Å². The summed E-state index contributed by atoms with van der Waals surface area (Å²) in [5.74, 6) is -0.317. The number of halogens is 2. The molecule has 2 rings (SSSR count). The van der Waals surface area contributed by atoms with Crippen molar-refractivity contribution in [1.29, 1.82) is 0 Å². The molecule has 1 heterocycles. The number of nitrogens with two attached hydrogens (primary N) is 1. The Labute approximate surface area is 132 Å². The molecule has 0 bridgehead atoms. The van der Waals surface area contributed by atoms with Gasteiger partial charge in [-0.3, -0.25) is 4.79 Å². The van der Waals surface area contributed by atoms with E-state index in [0.29, 0.717) is 31.5 Å². The second kappa shape index (κ2) is 7.87. The lowest BCUT2D eigenvalue weighted by atomic mass is 10.1. The first-order chi connectivity index (χ1) is 10.1. The number of hydrogen-bond donors (Lipinski definition) is 2. The van der Waals surface area contributed by atoms with Gasteiger partial charge in [-0.2, -0.15) is 0 Å². The van der Waals surface area contributed by atoms with E-state index in [2.05, 4.69) is 21.2 Å². The maximum absolute atomic E-state index is 13.6. The van der Waals surface area contributed by atoms with E-state index in [1.165, 1.54) is 6.07 Å². The Morgan fingerprint density at radius 1 is 1.48 bits per heavy atom. The van der Waals surface area contributed by atoms with Crippen molar-refractivity contribution >= 4 is 21.8 Å². The smallest absolute Gasteiger partial charge is 0.249 e. The number of amides is 1. The lowest BCUT2D eigenvalue weighted by molar-refractivity contribution is -0.131. The van der Waals surface area contributed by atoms with Crippen LogP contribution in [0.4, 0.5) is 4.39 Å².